The van der Waals surface area contributed by atoms with Gasteiger partial charge in [0.1, 0.15) is 0 Å². The molecule has 0 radical (unpaired) electrons. The van der Waals surface area contributed by atoms with Gasteiger partial charge in [-0.15, -0.1) is 35.3 Å². The van der Waals surface area contributed by atoms with E-state index < -0.39 is 0 Å². The minimum absolute atomic E-state index is 0. The molecule has 0 spiro atoms. The molecule has 25 heavy (non-hydrogen) atoms. The summed E-state index contributed by atoms with van der Waals surface area (Å²) in [7, 11) is 0. The minimum atomic E-state index is 0. The summed E-state index contributed by atoms with van der Waals surface area (Å²) >= 11 is 1.68. The number of carbonyl (C=O) groups excluding carboxylic acids is 1. The third-order valence-electron chi connectivity index (χ3n) is 3.55. The molecular weight excluding hydrogens is 449 g/mol. The van der Waals surface area contributed by atoms with Gasteiger partial charge in [-0.2, -0.15) is 0 Å². The Balaban J connectivity index is 0.00000576. The fourth-order valence-corrected chi connectivity index (χ4v) is 3.01. The van der Waals surface area contributed by atoms with E-state index >= 15 is 0 Å². The van der Waals surface area contributed by atoms with Crippen molar-refractivity contribution in [2.75, 3.05) is 26.2 Å². The molecular formula is C17H32IN5OS. The maximum atomic E-state index is 12.0. The first-order valence-corrected chi connectivity index (χ1v) is 9.63. The molecule has 1 amide bonds. The Morgan fingerprint density at radius 2 is 1.96 bits per heavy atom. The van der Waals surface area contributed by atoms with Gasteiger partial charge in [0.25, 0.3) is 0 Å². The quantitative estimate of drug-likeness (QED) is 0.323. The Kier molecular flexibility index (Phi) is 12.8. The van der Waals surface area contributed by atoms with Crippen molar-refractivity contribution in [1.82, 2.24) is 20.5 Å². The van der Waals surface area contributed by atoms with Crippen molar-refractivity contribution in [1.29, 1.82) is 0 Å². The lowest BCUT2D eigenvalue weighted by Gasteiger charge is -2.19. The van der Waals surface area contributed by atoms with E-state index in [0.29, 0.717) is 25.4 Å². The average molecular weight is 481 g/mol. The molecule has 8 heteroatoms. The zero-order chi connectivity index (χ0) is 17.9. The van der Waals surface area contributed by atoms with Crippen LogP contribution < -0.4 is 10.6 Å². The zero-order valence-electron chi connectivity index (χ0n) is 16.0. The summed E-state index contributed by atoms with van der Waals surface area (Å²) in [5, 5.41) is 9.63. The molecule has 144 valence electrons. The molecule has 6 nitrogen and oxygen atoms in total. The number of aromatic nitrogens is 1. The molecule has 1 aromatic rings. The van der Waals surface area contributed by atoms with Crippen molar-refractivity contribution in [3.05, 3.63) is 16.1 Å². The van der Waals surface area contributed by atoms with Gasteiger partial charge in [0.15, 0.2) is 5.96 Å². The molecule has 0 saturated heterocycles. The van der Waals surface area contributed by atoms with Crippen molar-refractivity contribution in [3.63, 3.8) is 0 Å². The number of aliphatic imine (C=N–C) groups is 1. The van der Waals surface area contributed by atoms with E-state index in [9.17, 15) is 4.79 Å². The Morgan fingerprint density at radius 3 is 2.48 bits per heavy atom. The number of amides is 1. The summed E-state index contributed by atoms with van der Waals surface area (Å²) < 4.78 is 0. The van der Waals surface area contributed by atoms with Crippen molar-refractivity contribution >= 4 is 47.2 Å². The largest absolute Gasteiger partial charge is 0.357 e. The lowest BCUT2D eigenvalue weighted by atomic mass is 10.2. The van der Waals surface area contributed by atoms with Gasteiger partial charge in [-0.25, -0.2) is 9.98 Å². The topological polar surface area (TPSA) is 69.6 Å². The predicted octanol–water partition coefficient (Wildman–Crippen LogP) is 3.20. The molecule has 1 heterocycles. The first-order valence-electron chi connectivity index (χ1n) is 8.75. The number of nitrogens with zero attached hydrogens (tertiary/aromatic N) is 3. The standard InChI is InChI=1S/C17H31N5OS.HI/c1-6-18-17(19-10-9-15(23)22(7-2)8-3)20-11-14-12-24-16(21-14)13(4)5;/h12-13H,6-11H2,1-5H3,(H2,18,19,20);1H. The predicted molar refractivity (Wildman–Crippen MR) is 117 cm³/mol. The number of halogens is 1. The summed E-state index contributed by atoms with van der Waals surface area (Å²) in [6.07, 6.45) is 0.473. The normalized spacial score (nSPS) is 11.2. The maximum absolute atomic E-state index is 12.0. The van der Waals surface area contributed by atoms with E-state index in [2.05, 4.69) is 39.8 Å². The Hall–Kier alpha value is -0.900. The number of guanidine groups is 1. The van der Waals surface area contributed by atoms with Gasteiger partial charge in [0.2, 0.25) is 5.91 Å². The molecule has 0 saturated carbocycles. The molecule has 1 rings (SSSR count). The highest BCUT2D eigenvalue weighted by Gasteiger charge is 2.09. The first kappa shape index (κ1) is 24.1. The molecule has 2 N–H and O–H groups in total. The van der Waals surface area contributed by atoms with E-state index in [0.717, 1.165) is 36.3 Å². The van der Waals surface area contributed by atoms with Crippen LogP contribution in [0.2, 0.25) is 0 Å². The summed E-state index contributed by atoms with van der Waals surface area (Å²) in [6.45, 7) is 13.7. The number of hydrogen-bond acceptors (Lipinski definition) is 4. The highest BCUT2D eigenvalue weighted by molar-refractivity contribution is 14.0. The van der Waals surface area contributed by atoms with Crippen LogP contribution in [0.1, 0.15) is 57.7 Å². The number of hydrogen-bond donors (Lipinski definition) is 2. The number of carbonyl (C=O) groups is 1. The summed E-state index contributed by atoms with van der Waals surface area (Å²) in [5.41, 5.74) is 0.986. The van der Waals surface area contributed by atoms with Gasteiger partial charge in [-0.05, 0) is 20.8 Å². The van der Waals surface area contributed by atoms with E-state index in [1.165, 1.54) is 0 Å². The Bertz CT molecular complexity index is 529. The van der Waals surface area contributed by atoms with Crippen LogP contribution in [0.4, 0.5) is 0 Å². The molecule has 0 aliphatic rings. The van der Waals surface area contributed by atoms with Crippen LogP contribution in [0.3, 0.4) is 0 Å². The van der Waals surface area contributed by atoms with Crippen molar-refractivity contribution < 1.29 is 4.79 Å². The van der Waals surface area contributed by atoms with Crippen LogP contribution in [-0.4, -0.2) is 47.9 Å². The van der Waals surface area contributed by atoms with Crippen LogP contribution >= 0.6 is 35.3 Å². The van der Waals surface area contributed by atoms with Crippen molar-refractivity contribution in [3.8, 4) is 0 Å². The van der Waals surface area contributed by atoms with E-state index in [4.69, 9.17) is 0 Å². The van der Waals surface area contributed by atoms with Crippen LogP contribution in [0.5, 0.6) is 0 Å². The van der Waals surface area contributed by atoms with Crippen molar-refractivity contribution in [2.24, 2.45) is 4.99 Å². The van der Waals surface area contributed by atoms with Crippen LogP contribution in [0.15, 0.2) is 10.4 Å². The minimum Gasteiger partial charge on any atom is -0.357 e. The molecule has 0 aliphatic carbocycles. The second-order valence-electron chi connectivity index (χ2n) is 5.77. The van der Waals surface area contributed by atoms with E-state index in [1.54, 1.807) is 11.3 Å². The lowest BCUT2D eigenvalue weighted by molar-refractivity contribution is -0.130. The second-order valence-corrected chi connectivity index (χ2v) is 6.66. The van der Waals surface area contributed by atoms with E-state index in [1.807, 2.05) is 25.7 Å². The Morgan fingerprint density at radius 1 is 1.28 bits per heavy atom. The van der Waals surface area contributed by atoms with Gasteiger partial charge >= 0.3 is 0 Å². The molecule has 0 unspecified atom stereocenters. The van der Waals surface area contributed by atoms with Crippen LogP contribution in [0, 0.1) is 0 Å². The number of nitrogens with one attached hydrogen (secondary N) is 2. The molecule has 0 bridgehead atoms. The van der Waals surface area contributed by atoms with E-state index in [-0.39, 0.29) is 29.9 Å². The van der Waals surface area contributed by atoms with Crippen LogP contribution in [0.25, 0.3) is 0 Å². The monoisotopic (exact) mass is 481 g/mol. The summed E-state index contributed by atoms with van der Waals surface area (Å²) in [6, 6.07) is 0. The van der Waals surface area contributed by atoms with Gasteiger partial charge in [-0.3, -0.25) is 4.79 Å². The molecule has 0 atom stereocenters. The van der Waals surface area contributed by atoms with Gasteiger partial charge in [0.05, 0.1) is 17.2 Å². The number of thiazole rings is 1. The van der Waals surface area contributed by atoms with Crippen molar-refractivity contribution in [2.45, 2.75) is 53.5 Å². The third kappa shape index (κ3) is 8.84. The zero-order valence-corrected chi connectivity index (χ0v) is 19.1. The highest BCUT2D eigenvalue weighted by Crippen LogP contribution is 2.19. The van der Waals surface area contributed by atoms with Gasteiger partial charge in [0, 0.05) is 43.9 Å². The average Bonchev–Trinajstić information content (AvgIpc) is 3.03. The fourth-order valence-electron chi connectivity index (χ4n) is 2.18. The highest BCUT2D eigenvalue weighted by atomic mass is 127. The third-order valence-corrected chi connectivity index (χ3v) is 4.75. The Labute approximate surface area is 172 Å². The smallest absolute Gasteiger partial charge is 0.224 e. The number of rotatable bonds is 9. The summed E-state index contributed by atoms with van der Waals surface area (Å²) in [4.78, 5) is 23.0. The van der Waals surface area contributed by atoms with Gasteiger partial charge < -0.3 is 15.5 Å². The maximum Gasteiger partial charge on any atom is 0.224 e. The second kappa shape index (κ2) is 13.3. The summed E-state index contributed by atoms with van der Waals surface area (Å²) in [5.74, 6) is 1.35. The molecule has 0 aliphatic heterocycles. The SMILES string of the molecule is CCNC(=NCc1csc(C(C)C)n1)NCCC(=O)N(CC)CC.I. The lowest BCUT2D eigenvalue weighted by Crippen LogP contribution is -2.40. The van der Waals surface area contributed by atoms with Gasteiger partial charge in [-0.1, -0.05) is 13.8 Å². The van der Waals surface area contributed by atoms with Crippen LogP contribution in [-0.2, 0) is 11.3 Å². The first-order chi connectivity index (χ1) is 11.5. The fraction of sp³-hybridized carbons (Fsp3) is 0.706. The molecule has 0 aromatic carbocycles. The molecule has 0 fully saturated rings. The molecule has 1 aromatic heterocycles.